The average molecular weight is 327 g/mol. The first-order chi connectivity index (χ1) is 8.61. The minimum Gasteiger partial charge on any atom is -0.329 e. The monoisotopic (exact) mass is 326 g/mol. The molecule has 18 heavy (non-hydrogen) atoms. The SMILES string of the molecule is Cc1nnc(SC(CN)c2cccc(Br)c2)n1C. The zero-order chi connectivity index (χ0) is 13.1. The Morgan fingerprint density at radius 3 is 2.78 bits per heavy atom. The van der Waals surface area contributed by atoms with Gasteiger partial charge in [-0.05, 0) is 24.6 Å². The van der Waals surface area contributed by atoms with Gasteiger partial charge in [0, 0.05) is 23.3 Å². The van der Waals surface area contributed by atoms with Crippen molar-refractivity contribution in [2.75, 3.05) is 6.54 Å². The highest BCUT2D eigenvalue weighted by Crippen LogP contribution is 2.34. The summed E-state index contributed by atoms with van der Waals surface area (Å²) < 4.78 is 3.04. The fourth-order valence-electron chi connectivity index (χ4n) is 1.58. The van der Waals surface area contributed by atoms with E-state index in [1.54, 1.807) is 11.8 Å². The summed E-state index contributed by atoms with van der Waals surface area (Å²) in [5.74, 6) is 0.905. The molecule has 1 atom stereocenters. The standard InChI is InChI=1S/C12H15BrN4S/c1-8-15-16-12(17(8)2)18-11(7-14)9-4-3-5-10(13)6-9/h3-6,11H,7,14H2,1-2H3. The van der Waals surface area contributed by atoms with E-state index in [1.807, 2.05) is 30.7 Å². The minimum absolute atomic E-state index is 0.185. The van der Waals surface area contributed by atoms with E-state index in [4.69, 9.17) is 5.73 Å². The topological polar surface area (TPSA) is 56.7 Å². The van der Waals surface area contributed by atoms with Crippen LogP contribution in [0.2, 0.25) is 0 Å². The van der Waals surface area contributed by atoms with Crippen molar-refractivity contribution in [1.29, 1.82) is 0 Å². The maximum atomic E-state index is 5.87. The lowest BCUT2D eigenvalue weighted by Crippen LogP contribution is -2.10. The van der Waals surface area contributed by atoms with Crippen molar-refractivity contribution < 1.29 is 0 Å². The predicted octanol–water partition coefficient (Wildman–Crippen LogP) is 2.68. The molecule has 0 radical (unpaired) electrons. The number of nitrogens with zero attached hydrogens (tertiary/aromatic N) is 3. The summed E-state index contributed by atoms with van der Waals surface area (Å²) in [7, 11) is 1.96. The second-order valence-corrected chi connectivity index (χ2v) is 6.07. The largest absolute Gasteiger partial charge is 0.329 e. The van der Waals surface area contributed by atoms with Gasteiger partial charge in [0.05, 0.1) is 0 Å². The van der Waals surface area contributed by atoms with Gasteiger partial charge < -0.3 is 10.3 Å². The van der Waals surface area contributed by atoms with Crippen LogP contribution in [0.4, 0.5) is 0 Å². The van der Waals surface area contributed by atoms with Crippen LogP contribution in [0.3, 0.4) is 0 Å². The van der Waals surface area contributed by atoms with Crippen LogP contribution in [0.1, 0.15) is 16.6 Å². The third kappa shape index (κ3) is 2.93. The van der Waals surface area contributed by atoms with E-state index in [2.05, 4.69) is 38.3 Å². The molecule has 4 nitrogen and oxygen atoms in total. The normalized spacial score (nSPS) is 12.7. The minimum atomic E-state index is 0.185. The summed E-state index contributed by atoms with van der Waals surface area (Å²) in [6.07, 6.45) is 0. The molecule has 1 unspecified atom stereocenters. The fraction of sp³-hybridized carbons (Fsp3) is 0.333. The van der Waals surface area contributed by atoms with Gasteiger partial charge in [0.25, 0.3) is 0 Å². The van der Waals surface area contributed by atoms with Gasteiger partial charge in [-0.2, -0.15) is 0 Å². The molecule has 0 saturated heterocycles. The maximum absolute atomic E-state index is 5.87. The molecule has 6 heteroatoms. The van der Waals surface area contributed by atoms with Crippen LogP contribution in [0.15, 0.2) is 33.9 Å². The maximum Gasteiger partial charge on any atom is 0.191 e. The molecule has 0 amide bonds. The molecule has 0 bridgehead atoms. The van der Waals surface area contributed by atoms with E-state index in [0.717, 1.165) is 15.5 Å². The Balaban J connectivity index is 2.22. The van der Waals surface area contributed by atoms with Gasteiger partial charge >= 0.3 is 0 Å². The first-order valence-corrected chi connectivity index (χ1v) is 7.27. The lowest BCUT2D eigenvalue weighted by Gasteiger charge is -2.14. The van der Waals surface area contributed by atoms with E-state index in [0.29, 0.717) is 6.54 Å². The summed E-state index contributed by atoms with van der Waals surface area (Å²) >= 11 is 5.12. The molecule has 0 fully saturated rings. The molecule has 0 aliphatic carbocycles. The number of aromatic nitrogens is 3. The van der Waals surface area contributed by atoms with Gasteiger partial charge in [-0.3, -0.25) is 0 Å². The molecule has 0 aliphatic heterocycles. The summed E-state index contributed by atoms with van der Waals surface area (Å²) in [6.45, 7) is 2.50. The smallest absolute Gasteiger partial charge is 0.191 e. The van der Waals surface area contributed by atoms with Crippen LogP contribution >= 0.6 is 27.7 Å². The number of rotatable bonds is 4. The summed E-state index contributed by atoms with van der Waals surface area (Å²) in [6, 6.07) is 8.20. The lowest BCUT2D eigenvalue weighted by molar-refractivity contribution is 0.760. The van der Waals surface area contributed by atoms with Crippen molar-refractivity contribution >= 4 is 27.7 Å². The Morgan fingerprint density at radius 1 is 1.44 bits per heavy atom. The highest BCUT2D eigenvalue weighted by molar-refractivity contribution is 9.10. The highest BCUT2D eigenvalue weighted by atomic mass is 79.9. The second-order valence-electron chi connectivity index (χ2n) is 3.99. The zero-order valence-electron chi connectivity index (χ0n) is 10.3. The second kappa shape index (κ2) is 5.86. The molecule has 2 N–H and O–H groups in total. The Kier molecular flexibility index (Phi) is 4.42. The van der Waals surface area contributed by atoms with Gasteiger partial charge in [-0.25, -0.2) is 0 Å². The Bertz CT molecular complexity index is 541. The molecule has 0 spiro atoms. The van der Waals surface area contributed by atoms with Crippen LogP contribution in [0.5, 0.6) is 0 Å². The summed E-state index contributed by atoms with van der Waals surface area (Å²) in [5.41, 5.74) is 7.06. The third-order valence-electron chi connectivity index (χ3n) is 2.73. The number of thioether (sulfide) groups is 1. The molecule has 1 aromatic carbocycles. The molecule has 0 aliphatic rings. The van der Waals surface area contributed by atoms with Gasteiger partial charge in [0.15, 0.2) is 5.16 Å². The first kappa shape index (κ1) is 13.6. The van der Waals surface area contributed by atoms with Gasteiger partial charge in [-0.15, -0.1) is 10.2 Å². The third-order valence-corrected chi connectivity index (χ3v) is 4.54. The molecular formula is C12H15BrN4S. The quantitative estimate of drug-likeness (QED) is 0.877. The molecule has 0 saturated carbocycles. The Hall–Kier alpha value is -0.850. The highest BCUT2D eigenvalue weighted by Gasteiger charge is 2.15. The van der Waals surface area contributed by atoms with E-state index in [1.165, 1.54) is 5.56 Å². The van der Waals surface area contributed by atoms with Crippen LogP contribution < -0.4 is 5.73 Å². The van der Waals surface area contributed by atoms with Crippen LogP contribution in [0.25, 0.3) is 0 Å². The van der Waals surface area contributed by atoms with Crippen molar-refractivity contribution in [3.63, 3.8) is 0 Å². The summed E-state index contributed by atoms with van der Waals surface area (Å²) in [5, 5.41) is 9.29. The van der Waals surface area contributed by atoms with Crippen molar-refractivity contribution in [3.8, 4) is 0 Å². The Morgan fingerprint density at radius 2 is 2.22 bits per heavy atom. The van der Waals surface area contributed by atoms with Crippen LogP contribution in [0, 0.1) is 6.92 Å². The number of nitrogens with two attached hydrogens (primary N) is 1. The molecule has 96 valence electrons. The number of hydrogen-bond donors (Lipinski definition) is 1. The van der Waals surface area contributed by atoms with E-state index in [9.17, 15) is 0 Å². The predicted molar refractivity (Wildman–Crippen MR) is 77.5 cm³/mol. The van der Waals surface area contributed by atoms with E-state index < -0.39 is 0 Å². The number of benzene rings is 1. The zero-order valence-corrected chi connectivity index (χ0v) is 12.7. The van der Waals surface area contributed by atoms with Crippen molar-refractivity contribution in [2.24, 2.45) is 12.8 Å². The number of aryl methyl sites for hydroxylation is 1. The van der Waals surface area contributed by atoms with Gasteiger partial charge in [0.2, 0.25) is 0 Å². The molecular weight excluding hydrogens is 312 g/mol. The first-order valence-electron chi connectivity index (χ1n) is 5.60. The van der Waals surface area contributed by atoms with E-state index >= 15 is 0 Å². The average Bonchev–Trinajstić information content (AvgIpc) is 2.67. The van der Waals surface area contributed by atoms with Crippen LogP contribution in [-0.2, 0) is 7.05 Å². The van der Waals surface area contributed by atoms with Gasteiger partial charge in [-0.1, -0.05) is 39.8 Å². The van der Waals surface area contributed by atoms with Gasteiger partial charge in [0.1, 0.15) is 5.82 Å². The number of hydrogen-bond acceptors (Lipinski definition) is 4. The molecule has 1 heterocycles. The molecule has 2 aromatic rings. The molecule has 2 rings (SSSR count). The van der Waals surface area contributed by atoms with Crippen molar-refractivity contribution in [2.45, 2.75) is 17.3 Å². The number of halogens is 1. The Labute approximate surface area is 119 Å². The van der Waals surface area contributed by atoms with Crippen molar-refractivity contribution in [3.05, 3.63) is 40.1 Å². The summed E-state index contributed by atoms with van der Waals surface area (Å²) in [4.78, 5) is 0. The molecule has 1 aromatic heterocycles. The lowest BCUT2D eigenvalue weighted by atomic mass is 10.1. The van der Waals surface area contributed by atoms with E-state index in [-0.39, 0.29) is 5.25 Å². The van der Waals surface area contributed by atoms with Crippen LogP contribution in [-0.4, -0.2) is 21.3 Å². The fourth-order valence-corrected chi connectivity index (χ4v) is 3.01. The van der Waals surface area contributed by atoms with Crippen molar-refractivity contribution in [1.82, 2.24) is 14.8 Å².